The highest BCUT2D eigenvalue weighted by molar-refractivity contribution is 6.33. The van der Waals surface area contributed by atoms with Gasteiger partial charge in [0.15, 0.2) is 5.78 Å². The molecule has 0 bridgehead atoms. The monoisotopic (exact) mass is 261 g/mol. The first-order valence-corrected chi connectivity index (χ1v) is 5.86. The first kappa shape index (κ1) is 12.6. The van der Waals surface area contributed by atoms with Crippen molar-refractivity contribution >= 4 is 17.4 Å². The summed E-state index contributed by atoms with van der Waals surface area (Å²) in [7, 11) is 1.58. The van der Waals surface area contributed by atoms with E-state index in [9.17, 15) is 4.79 Å². The molecule has 2 rings (SSSR count). The lowest BCUT2D eigenvalue weighted by Gasteiger charge is -2.07. The minimum Gasteiger partial charge on any atom is -0.496 e. The summed E-state index contributed by atoms with van der Waals surface area (Å²) in [6, 6.07) is 10.8. The highest BCUT2D eigenvalue weighted by atomic mass is 35.5. The number of carbonyl (C=O) groups excluding carboxylic acids is 1. The lowest BCUT2D eigenvalue weighted by molar-refractivity contribution is 0.0987. The molecular weight excluding hydrogens is 250 g/mol. The average Bonchev–Trinajstić information content (AvgIpc) is 2.39. The summed E-state index contributed by atoms with van der Waals surface area (Å²) >= 11 is 5.94. The van der Waals surface area contributed by atoms with Crippen molar-refractivity contribution in [3.05, 3.63) is 58.9 Å². The van der Waals surface area contributed by atoms with Crippen LogP contribution in [0.3, 0.4) is 0 Å². The van der Waals surface area contributed by atoms with Crippen LogP contribution in [0.1, 0.15) is 16.1 Å². The second-order valence-electron chi connectivity index (χ2n) is 3.75. The molecule has 0 atom stereocenters. The number of pyridine rings is 1. The summed E-state index contributed by atoms with van der Waals surface area (Å²) in [5, 5.41) is 0.373. The summed E-state index contributed by atoms with van der Waals surface area (Å²) in [4.78, 5) is 16.1. The van der Waals surface area contributed by atoms with Crippen molar-refractivity contribution in [1.29, 1.82) is 0 Å². The molecule has 0 spiro atoms. The van der Waals surface area contributed by atoms with Crippen molar-refractivity contribution in [1.82, 2.24) is 4.98 Å². The quantitative estimate of drug-likeness (QED) is 0.794. The number of para-hydroxylation sites is 1. The molecule has 0 radical (unpaired) electrons. The Bertz CT molecular complexity index is 569. The molecule has 3 nitrogen and oxygen atoms in total. The maximum Gasteiger partial charge on any atom is 0.187 e. The molecule has 1 heterocycles. The molecule has 92 valence electrons. The number of hydrogen-bond donors (Lipinski definition) is 0. The van der Waals surface area contributed by atoms with Crippen LogP contribution in [0.2, 0.25) is 5.02 Å². The van der Waals surface area contributed by atoms with Crippen LogP contribution in [0, 0.1) is 0 Å². The molecule has 0 N–H and O–H groups in total. The summed E-state index contributed by atoms with van der Waals surface area (Å²) in [5.41, 5.74) is 1.12. The molecule has 0 aliphatic carbocycles. The van der Waals surface area contributed by atoms with E-state index in [0.717, 1.165) is 5.56 Å². The Labute approximate surface area is 110 Å². The van der Waals surface area contributed by atoms with E-state index in [0.29, 0.717) is 16.5 Å². The normalized spacial score (nSPS) is 10.1. The van der Waals surface area contributed by atoms with Crippen LogP contribution < -0.4 is 4.74 Å². The Morgan fingerprint density at radius 3 is 2.78 bits per heavy atom. The fourth-order valence-electron chi connectivity index (χ4n) is 1.70. The fraction of sp³-hybridized carbons (Fsp3) is 0.143. The zero-order valence-corrected chi connectivity index (χ0v) is 10.6. The van der Waals surface area contributed by atoms with E-state index >= 15 is 0 Å². The van der Waals surface area contributed by atoms with E-state index in [4.69, 9.17) is 16.3 Å². The van der Waals surface area contributed by atoms with E-state index < -0.39 is 0 Å². The highest BCUT2D eigenvalue weighted by Gasteiger charge is 2.14. The van der Waals surface area contributed by atoms with Gasteiger partial charge in [0.25, 0.3) is 0 Å². The van der Waals surface area contributed by atoms with Crippen molar-refractivity contribution in [3.8, 4) is 5.75 Å². The zero-order chi connectivity index (χ0) is 13.0. The lowest BCUT2D eigenvalue weighted by atomic mass is 10.1. The molecule has 4 heteroatoms. The van der Waals surface area contributed by atoms with Gasteiger partial charge in [-0.25, -0.2) is 0 Å². The SMILES string of the molecule is COc1ccccc1CC(=O)c1ncccc1Cl. The molecule has 2 aromatic rings. The number of carbonyl (C=O) groups is 1. The van der Waals surface area contributed by atoms with Crippen LogP contribution in [0.15, 0.2) is 42.6 Å². The third kappa shape index (κ3) is 2.68. The second-order valence-corrected chi connectivity index (χ2v) is 4.15. The van der Waals surface area contributed by atoms with Gasteiger partial charge in [-0.2, -0.15) is 0 Å². The maximum atomic E-state index is 12.1. The average molecular weight is 262 g/mol. The molecule has 1 aromatic carbocycles. The number of methoxy groups -OCH3 is 1. The highest BCUT2D eigenvalue weighted by Crippen LogP contribution is 2.21. The summed E-state index contributed by atoms with van der Waals surface area (Å²) < 4.78 is 5.21. The smallest absolute Gasteiger partial charge is 0.187 e. The van der Waals surface area contributed by atoms with Crippen LogP contribution in [0.25, 0.3) is 0 Å². The van der Waals surface area contributed by atoms with Crippen LogP contribution >= 0.6 is 11.6 Å². The molecule has 0 amide bonds. The molecule has 0 fully saturated rings. The maximum absolute atomic E-state index is 12.1. The second kappa shape index (κ2) is 5.65. The number of benzene rings is 1. The van der Waals surface area contributed by atoms with Gasteiger partial charge in [0, 0.05) is 18.2 Å². The zero-order valence-electron chi connectivity index (χ0n) is 9.89. The van der Waals surface area contributed by atoms with Gasteiger partial charge in [0.1, 0.15) is 11.4 Å². The molecule has 0 aliphatic heterocycles. The largest absolute Gasteiger partial charge is 0.496 e. The summed E-state index contributed by atoms with van der Waals surface area (Å²) in [5.74, 6) is 0.572. The van der Waals surface area contributed by atoms with Crippen LogP contribution in [-0.2, 0) is 6.42 Å². The van der Waals surface area contributed by atoms with E-state index in [1.807, 2.05) is 24.3 Å². The van der Waals surface area contributed by atoms with Gasteiger partial charge in [-0.1, -0.05) is 29.8 Å². The lowest BCUT2D eigenvalue weighted by Crippen LogP contribution is -2.07. The summed E-state index contributed by atoms with van der Waals surface area (Å²) in [6.07, 6.45) is 1.78. The van der Waals surface area contributed by atoms with Crippen LogP contribution in [0.5, 0.6) is 5.75 Å². The van der Waals surface area contributed by atoms with E-state index in [2.05, 4.69) is 4.98 Å². The Morgan fingerprint density at radius 2 is 2.06 bits per heavy atom. The topological polar surface area (TPSA) is 39.2 Å². The third-order valence-electron chi connectivity index (χ3n) is 2.57. The van der Waals surface area contributed by atoms with E-state index in [1.165, 1.54) is 0 Å². The van der Waals surface area contributed by atoms with Crippen molar-refractivity contribution < 1.29 is 9.53 Å². The minimum atomic E-state index is -0.120. The third-order valence-corrected chi connectivity index (χ3v) is 2.87. The first-order valence-electron chi connectivity index (χ1n) is 5.48. The van der Waals surface area contributed by atoms with E-state index in [1.54, 1.807) is 25.4 Å². The fourth-order valence-corrected chi connectivity index (χ4v) is 1.92. The summed E-state index contributed by atoms with van der Waals surface area (Å²) in [6.45, 7) is 0. The number of ketones is 1. The number of hydrogen-bond acceptors (Lipinski definition) is 3. The van der Waals surface area contributed by atoms with Crippen molar-refractivity contribution in [3.63, 3.8) is 0 Å². The molecule has 0 saturated carbocycles. The van der Waals surface area contributed by atoms with Crippen LogP contribution in [0.4, 0.5) is 0 Å². The van der Waals surface area contributed by atoms with Gasteiger partial charge < -0.3 is 4.74 Å². The predicted octanol–water partition coefficient (Wildman–Crippen LogP) is 3.17. The number of halogens is 1. The Kier molecular flexibility index (Phi) is 3.95. The molecule has 0 aliphatic rings. The van der Waals surface area contributed by atoms with Crippen LogP contribution in [-0.4, -0.2) is 17.9 Å². The Morgan fingerprint density at radius 1 is 1.28 bits per heavy atom. The number of rotatable bonds is 4. The van der Waals surface area contributed by atoms with Crippen molar-refractivity contribution in [2.45, 2.75) is 6.42 Å². The van der Waals surface area contributed by atoms with Gasteiger partial charge in [0.05, 0.1) is 12.1 Å². The Balaban J connectivity index is 2.24. The number of nitrogens with zero attached hydrogens (tertiary/aromatic N) is 1. The molecule has 18 heavy (non-hydrogen) atoms. The molecule has 0 saturated heterocycles. The predicted molar refractivity (Wildman–Crippen MR) is 70.3 cm³/mol. The molecule has 1 aromatic heterocycles. The van der Waals surface area contributed by atoms with E-state index in [-0.39, 0.29) is 12.2 Å². The number of aromatic nitrogens is 1. The molecular formula is C14H12ClNO2. The van der Waals surface area contributed by atoms with Crippen molar-refractivity contribution in [2.75, 3.05) is 7.11 Å². The first-order chi connectivity index (χ1) is 8.72. The van der Waals surface area contributed by atoms with Gasteiger partial charge in [-0.3, -0.25) is 9.78 Å². The van der Waals surface area contributed by atoms with Gasteiger partial charge in [0.2, 0.25) is 0 Å². The molecule has 0 unspecified atom stereocenters. The number of Topliss-reactive ketones (excluding diaryl/α,β-unsaturated/α-hetero) is 1. The van der Waals surface area contributed by atoms with Gasteiger partial charge in [-0.15, -0.1) is 0 Å². The minimum absolute atomic E-state index is 0.120. The standard InChI is InChI=1S/C14H12ClNO2/c1-18-13-7-3-2-5-10(13)9-12(17)14-11(15)6-4-8-16-14/h2-8H,9H2,1H3. The Hall–Kier alpha value is -1.87. The van der Waals surface area contributed by atoms with Gasteiger partial charge >= 0.3 is 0 Å². The van der Waals surface area contributed by atoms with Gasteiger partial charge in [-0.05, 0) is 18.2 Å². The number of ether oxygens (including phenoxy) is 1. The van der Waals surface area contributed by atoms with Crippen molar-refractivity contribution in [2.24, 2.45) is 0 Å².